The second-order valence-corrected chi connectivity index (χ2v) is 1.89. The average molecular weight is 111 g/mol. The van der Waals surface area contributed by atoms with Gasteiger partial charge in [0.1, 0.15) is 0 Å². The van der Waals surface area contributed by atoms with Crippen LogP contribution in [0.4, 0.5) is 0 Å². The van der Waals surface area contributed by atoms with Gasteiger partial charge in [-0.2, -0.15) is 0 Å². The van der Waals surface area contributed by atoms with Gasteiger partial charge in [0.2, 0.25) is 0 Å². The summed E-state index contributed by atoms with van der Waals surface area (Å²) < 4.78 is 0. The smallest absolute Gasteiger partial charge is 0.000932 e. The Kier molecular flexibility index (Phi) is 4.04. The summed E-state index contributed by atoms with van der Waals surface area (Å²) in [4.78, 5) is 0. The van der Waals surface area contributed by atoms with Gasteiger partial charge in [0.05, 0.1) is 0 Å². The summed E-state index contributed by atoms with van der Waals surface area (Å²) in [7, 11) is 0. The third kappa shape index (κ3) is 5.28. The highest BCUT2D eigenvalue weighted by molar-refractivity contribution is 4.94. The van der Waals surface area contributed by atoms with Crippen LogP contribution in [0.25, 0.3) is 0 Å². The maximum atomic E-state index is 2.99. The van der Waals surface area contributed by atoms with Gasteiger partial charge in [-0.1, -0.05) is 11.6 Å². The molecule has 0 saturated carbocycles. The zero-order valence-corrected chi connectivity index (χ0v) is 5.73. The molecular weight excluding hydrogens is 98.1 g/mol. The first-order valence-corrected chi connectivity index (χ1v) is 2.78. The van der Waals surface area contributed by atoms with E-state index in [1.807, 2.05) is 25.4 Å². The Bertz CT molecular complexity index is 97.0. The van der Waals surface area contributed by atoms with Gasteiger partial charge in [0.25, 0.3) is 0 Å². The molecule has 0 unspecified atom stereocenters. The third-order valence-electron chi connectivity index (χ3n) is 0.635. The second kappa shape index (κ2) is 4.44. The van der Waals surface area contributed by atoms with Crippen molar-refractivity contribution in [2.45, 2.75) is 20.8 Å². The van der Waals surface area contributed by atoms with Crippen molar-refractivity contribution in [1.82, 2.24) is 5.32 Å². The standard InChI is InChI=1S/C7H13N/c1-4-5-8-6-7(2)3/h4-6,8H,1-3H3/b5-4+. The van der Waals surface area contributed by atoms with Gasteiger partial charge < -0.3 is 5.32 Å². The molecule has 0 amide bonds. The lowest BCUT2D eigenvalue weighted by Gasteiger charge is -1.88. The largest absolute Gasteiger partial charge is 0.368 e. The molecule has 0 rings (SSSR count). The maximum Gasteiger partial charge on any atom is -0.000932 e. The van der Waals surface area contributed by atoms with Crippen LogP contribution in [0.15, 0.2) is 24.0 Å². The molecule has 0 aliphatic heterocycles. The van der Waals surface area contributed by atoms with E-state index < -0.39 is 0 Å². The van der Waals surface area contributed by atoms with Gasteiger partial charge in [-0.3, -0.25) is 0 Å². The fourth-order valence-electron chi connectivity index (χ4n) is 0.311. The minimum Gasteiger partial charge on any atom is -0.368 e. The van der Waals surface area contributed by atoms with E-state index in [4.69, 9.17) is 0 Å². The van der Waals surface area contributed by atoms with Crippen LogP contribution in [0.1, 0.15) is 20.8 Å². The molecule has 0 radical (unpaired) electrons. The molecule has 0 aromatic heterocycles. The Morgan fingerprint density at radius 1 is 1.38 bits per heavy atom. The molecule has 0 aromatic carbocycles. The first-order valence-electron chi connectivity index (χ1n) is 2.78. The highest BCUT2D eigenvalue weighted by Gasteiger charge is 1.68. The number of nitrogens with one attached hydrogen (secondary N) is 1. The monoisotopic (exact) mass is 111 g/mol. The highest BCUT2D eigenvalue weighted by Crippen LogP contribution is 1.82. The Morgan fingerprint density at radius 3 is 2.38 bits per heavy atom. The van der Waals surface area contributed by atoms with E-state index >= 15 is 0 Å². The number of allylic oxidation sites excluding steroid dienone is 2. The van der Waals surface area contributed by atoms with Crippen LogP contribution in [0.3, 0.4) is 0 Å². The van der Waals surface area contributed by atoms with Crippen LogP contribution in [0.2, 0.25) is 0 Å². The minimum absolute atomic E-state index is 1.28. The van der Waals surface area contributed by atoms with Crippen molar-refractivity contribution in [3.63, 3.8) is 0 Å². The van der Waals surface area contributed by atoms with Gasteiger partial charge in [-0.15, -0.1) is 0 Å². The van der Waals surface area contributed by atoms with Crippen LogP contribution >= 0.6 is 0 Å². The van der Waals surface area contributed by atoms with Gasteiger partial charge in [-0.25, -0.2) is 0 Å². The molecule has 0 atom stereocenters. The van der Waals surface area contributed by atoms with Gasteiger partial charge in [0, 0.05) is 0 Å². The Labute approximate surface area is 51.1 Å². The molecule has 0 aliphatic carbocycles. The van der Waals surface area contributed by atoms with Crippen molar-refractivity contribution in [3.8, 4) is 0 Å². The Balaban J connectivity index is 3.30. The van der Waals surface area contributed by atoms with E-state index in [1.54, 1.807) is 0 Å². The maximum absolute atomic E-state index is 2.99. The van der Waals surface area contributed by atoms with Crippen molar-refractivity contribution in [2.75, 3.05) is 0 Å². The van der Waals surface area contributed by atoms with Crippen molar-refractivity contribution in [1.29, 1.82) is 0 Å². The van der Waals surface area contributed by atoms with E-state index in [0.29, 0.717) is 0 Å². The molecule has 1 N–H and O–H groups in total. The average Bonchev–Trinajstić information content (AvgIpc) is 1.66. The van der Waals surface area contributed by atoms with E-state index in [2.05, 4.69) is 19.2 Å². The van der Waals surface area contributed by atoms with E-state index in [9.17, 15) is 0 Å². The van der Waals surface area contributed by atoms with Crippen molar-refractivity contribution >= 4 is 0 Å². The zero-order valence-electron chi connectivity index (χ0n) is 5.73. The Hall–Kier alpha value is -0.720. The van der Waals surface area contributed by atoms with Gasteiger partial charge >= 0.3 is 0 Å². The Morgan fingerprint density at radius 2 is 2.00 bits per heavy atom. The van der Waals surface area contributed by atoms with E-state index in [-0.39, 0.29) is 0 Å². The lowest BCUT2D eigenvalue weighted by atomic mass is 10.4. The minimum atomic E-state index is 1.28. The molecule has 0 saturated heterocycles. The molecule has 0 spiro atoms. The lowest BCUT2D eigenvalue weighted by molar-refractivity contribution is 1.14. The molecule has 0 fully saturated rings. The van der Waals surface area contributed by atoms with Crippen molar-refractivity contribution in [2.24, 2.45) is 0 Å². The predicted molar refractivity (Wildman–Crippen MR) is 37.4 cm³/mol. The van der Waals surface area contributed by atoms with E-state index in [1.165, 1.54) is 5.57 Å². The van der Waals surface area contributed by atoms with Crippen LogP contribution in [-0.4, -0.2) is 0 Å². The number of hydrogen-bond donors (Lipinski definition) is 1. The first-order chi connectivity index (χ1) is 3.77. The molecule has 46 valence electrons. The first kappa shape index (κ1) is 7.28. The predicted octanol–water partition coefficient (Wildman–Crippen LogP) is 2.03. The summed E-state index contributed by atoms with van der Waals surface area (Å²) in [5, 5.41) is 2.99. The summed E-state index contributed by atoms with van der Waals surface area (Å²) >= 11 is 0. The van der Waals surface area contributed by atoms with Crippen LogP contribution in [0.5, 0.6) is 0 Å². The van der Waals surface area contributed by atoms with Crippen molar-refractivity contribution in [3.05, 3.63) is 24.0 Å². The fraction of sp³-hybridized carbons (Fsp3) is 0.429. The summed E-state index contributed by atoms with van der Waals surface area (Å²) in [6.45, 7) is 6.08. The third-order valence-corrected chi connectivity index (χ3v) is 0.635. The topological polar surface area (TPSA) is 12.0 Å². The normalized spacial score (nSPS) is 9.38. The summed E-state index contributed by atoms with van der Waals surface area (Å²) in [5.74, 6) is 0. The molecule has 0 aromatic rings. The fourth-order valence-corrected chi connectivity index (χ4v) is 0.311. The molecule has 1 nitrogen and oxygen atoms in total. The molecule has 1 heteroatoms. The van der Waals surface area contributed by atoms with Crippen LogP contribution in [-0.2, 0) is 0 Å². The van der Waals surface area contributed by atoms with Crippen LogP contribution in [0, 0.1) is 0 Å². The molecule has 0 aliphatic rings. The van der Waals surface area contributed by atoms with Crippen LogP contribution < -0.4 is 5.32 Å². The number of hydrogen-bond acceptors (Lipinski definition) is 1. The summed E-state index contributed by atoms with van der Waals surface area (Å²) in [6, 6.07) is 0. The van der Waals surface area contributed by atoms with Gasteiger partial charge in [-0.05, 0) is 33.2 Å². The highest BCUT2D eigenvalue weighted by atomic mass is 14.8. The lowest BCUT2D eigenvalue weighted by Crippen LogP contribution is -1.91. The second-order valence-electron chi connectivity index (χ2n) is 1.89. The number of rotatable bonds is 2. The molecule has 8 heavy (non-hydrogen) atoms. The zero-order chi connectivity index (χ0) is 6.41. The SMILES string of the molecule is C/C=C/NC=C(C)C. The van der Waals surface area contributed by atoms with E-state index in [0.717, 1.165) is 0 Å². The molecule has 0 bridgehead atoms. The van der Waals surface area contributed by atoms with Gasteiger partial charge in [0.15, 0.2) is 0 Å². The van der Waals surface area contributed by atoms with Crippen molar-refractivity contribution < 1.29 is 0 Å². The quantitative estimate of drug-likeness (QED) is 0.575. The molecular formula is C7H13N. The summed E-state index contributed by atoms with van der Waals surface area (Å²) in [6.07, 6.45) is 5.81. The summed E-state index contributed by atoms with van der Waals surface area (Å²) in [5.41, 5.74) is 1.28. The molecule has 0 heterocycles.